The second kappa shape index (κ2) is 7.58. The lowest BCUT2D eigenvalue weighted by atomic mass is 9.94. The lowest BCUT2D eigenvalue weighted by Crippen LogP contribution is -2.19. The molecule has 0 spiro atoms. The highest BCUT2D eigenvalue weighted by Crippen LogP contribution is 2.18. The van der Waals surface area contributed by atoms with E-state index < -0.39 is 0 Å². The van der Waals surface area contributed by atoms with Gasteiger partial charge in [-0.05, 0) is 24.3 Å². The molecule has 0 heterocycles. The molecule has 4 heteroatoms. The molecule has 0 saturated heterocycles. The summed E-state index contributed by atoms with van der Waals surface area (Å²) in [4.78, 5) is 8.82. The van der Waals surface area contributed by atoms with Crippen LogP contribution in [0, 0.1) is 5.41 Å². The van der Waals surface area contributed by atoms with Crippen molar-refractivity contribution in [1.82, 2.24) is 0 Å². The highest BCUT2D eigenvalue weighted by molar-refractivity contribution is 5.83. The number of hydrogen-bond acceptors (Lipinski definition) is 4. The summed E-state index contributed by atoms with van der Waals surface area (Å²) in [6.07, 6.45) is 3.37. The normalized spacial score (nSPS) is 12.3. The molecule has 0 saturated carbocycles. The molecule has 0 aliphatic carbocycles. The van der Waals surface area contributed by atoms with E-state index in [2.05, 4.69) is 23.8 Å². The Balaban J connectivity index is 1.92. The van der Waals surface area contributed by atoms with Crippen LogP contribution < -0.4 is 0 Å². The van der Waals surface area contributed by atoms with Gasteiger partial charge >= 0.3 is 0 Å². The van der Waals surface area contributed by atoms with Crippen LogP contribution in [0.2, 0.25) is 0 Å². The molecular weight excluding hydrogens is 288 g/mol. The molecule has 4 nitrogen and oxygen atoms in total. The quantitative estimate of drug-likeness (QED) is 0.800. The minimum Gasteiger partial charge on any atom is -0.507 e. The van der Waals surface area contributed by atoms with Gasteiger partial charge in [-0.25, -0.2) is 0 Å². The van der Waals surface area contributed by atoms with Crippen LogP contribution in [0.3, 0.4) is 0 Å². The van der Waals surface area contributed by atoms with Crippen LogP contribution in [0.15, 0.2) is 58.5 Å². The molecular formula is C19H22N2O2. The van der Waals surface area contributed by atoms with Gasteiger partial charge in [-0.1, -0.05) is 38.1 Å². The average Bonchev–Trinajstić information content (AvgIpc) is 2.51. The molecule has 23 heavy (non-hydrogen) atoms. The maximum atomic E-state index is 9.69. The lowest BCUT2D eigenvalue weighted by Gasteiger charge is -2.19. The van der Waals surface area contributed by atoms with Gasteiger partial charge in [0.05, 0.1) is 0 Å². The molecule has 0 aliphatic heterocycles. The van der Waals surface area contributed by atoms with E-state index in [0.29, 0.717) is 24.2 Å². The fourth-order valence-electron chi connectivity index (χ4n) is 2.03. The van der Waals surface area contributed by atoms with E-state index in [1.54, 1.807) is 36.7 Å². The standard InChI is InChI=1S/C19H22N2O2/c1-19(2,13-20-11-15-7-3-5-9-17(15)22)14-21-12-16-8-4-6-10-18(16)23/h3-12,22-23H,13-14H2,1-2H3. The van der Waals surface area contributed by atoms with E-state index >= 15 is 0 Å². The van der Waals surface area contributed by atoms with Crippen LogP contribution in [-0.4, -0.2) is 35.7 Å². The summed E-state index contributed by atoms with van der Waals surface area (Å²) in [5.41, 5.74) is 1.31. The maximum Gasteiger partial charge on any atom is 0.124 e. The summed E-state index contributed by atoms with van der Waals surface area (Å²) in [6.45, 7) is 5.35. The third-order valence-electron chi connectivity index (χ3n) is 3.37. The van der Waals surface area contributed by atoms with Crippen LogP contribution in [0.4, 0.5) is 0 Å². The predicted octanol–water partition coefficient (Wildman–Crippen LogP) is 3.66. The molecule has 2 N–H and O–H groups in total. The van der Waals surface area contributed by atoms with E-state index in [-0.39, 0.29) is 16.9 Å². The van der Waals surface area contributed by atoms with Crippen molar-refractivity contribution in [3.63, 3.8) is 0 Å². The zero-order valence-corrected chi connectivity index (χ0v) is 13.5. The molecule has 0 unspecified atom stereocenters. The summed E-state index contributed by atoms with van der Waals surface area (Å²) in [7, 11) is 0. The minimum atomic E-state index is -0.109. The van der Waals surface area contributed by atoms with Crippen molar-refractivity contribution in [1.29, 1.82) is 0 Å². The third-order valence-corrected chi connectivity index (χ3v) is 3.37. The topological polar surface area (TPSA) is 65.2 Å². The van der Waals surface area contributed by atoms with Gasteiger partial charge < -0.3 is 10.2 Å². The number of aliphatic imine (C=N–C) groups is 2. The van der Waals surface area contributed by atoms with E-state index in [1.807, 2.05) is 24.3 Å². The largest absolute Gasteiger partial charge is 0.507 e. The number of phenols is 2. The molecule has 0 aliphatic rings. The van der Waals surface area contributed by atoms with Gasteiger partial charge in [-0.3, -0.25) is 9.98 Å². The fourth-order valence-corrected chi connectivity index (χ4v) is 2.03. The first-order valence-electron chi connectivity index (χ1n) is 7.54. The molecule has 0 bridgehead atoms. The van der Waals surface area contributed by atoms with Gasteiger partial charge in [-0.15, -0.1) is 0 Å². The SMILES string of the molecule is CC(C)(CN=Cc1ccccc1O)CN=Cc1ccccc1O. The Kier molecular flexibility index (Phi) is 5.52. The highest BCUT2D eigenvalue weighted by atomic mass is 16.3. The van der Waals surface area contributed by atoms with Crippen molar-refractivity contribution >= 4 is 12.4 Å². The first-order chi connectivity index (χ1) is 11.0. The Bertz CT molecular complexity index is 647. The summed E-state index contributed by atoms with van der Waals surface area (Å²) < 4.78 is 0. The van der Waals surface area contributed by atoms with Gasteiger partial charge in [0.1, 0.15) is 11.5 Å². The van der Waals surface area contributed by atoms with Crippen molar-refractivity contribution in [2.75, 3.05) is 13.1 Å². The van der Waals surface area contributed by atoms with Gasteiger partial charge in [0.2, 0.25) is 0 Å². The van der Waals surface area contributed by atoms with Crippen molar-refractivity contribution in [2.24, 2.45) is 15.4 Å². The summed E-state index contributed by atoms with van der Waals surface area (Å²) >= 11 is 0. The third kappa shape index (κ3) is 5.25. The summed E-state index contributed by atoms with van der Waals surface area (Å²) in [5.74, 6) is 0.457. The van der Waals surface area contributed by atoms with Crippen molar-refractivity contribution in [3.8, 4) is 11.5 Å². The van der Waals surface area contributed by atoms with Gasteiger partial charge in [0.15, 0.2) is 0 Å². The fraction of sp³-hybridized carbons (Fsp3) is 0.263. The molecule has 2 aromatic carbocycles. The molecule has 0 radical (unpaired) electrons. The number of para-hydroxylation sites is 2. The highest BCUT2D eigenvalue weighted by Gasteiger charge is 2.16. The van der Waals surface area contributed by atoms with E-state index in [0.717, 1.165) is 0 Å². The first-order valence-corrected chi connectivity index (χ1v) is 7.54. The van der Waals surface area contributed by atoms with E-state index in [4.69, 9.17) is 0 Å². The molecule has 0 fully saturated rings. The van der Waals surface area contributed by atoms with E-state index in [9.17, 15) is 10.2 Å². The molecule has 0 atom stereocenters. The number of benzene rings is 2. The number of phenolic OH excluding ortho intramolecular Hbond substituents is 2. The van der Waals surface area contributed by atoms with Crippen molar-refractivity contribution in [3.05, 3.63) is 59.7 Å². The Hall–Kier alpha value is -2.62. The van der Waals surface area contributed by atoms with E-state index in [1.165, 1.54) is 0 Å². The Morgan fingerprint density at radius 1 is 0.783 bits per heavy atom. The molecule has 2 aromatic rings. The molecule has 120 valence electrons. The molecule has 0 amide bonds. The summed E-state index contributed by atoms with van der Waals surface area (Å²) in [5, 5.41) is 19.4. The maximum absolute atomic E-state index is 9.69. The zero-order valence-electron chi connectivity index (χ0n) is 13.5. The van der Waals surface area contributed by atoms with Gasteiger partial charge in [-0.2, -0.15) is 0 Å². The van der Waals surface area contributed by atoms with Gasteiger partial charge in [0, 0.05) is 42.1 Å². The monoisotopic (exact) mass is 310 g/mol. The Morgan fingerprint density at radius 2 is 1.17 bits per heavy atom. The smallest absolute Gasteiger partial charge is 0.124 e. The van der Waals surface area contributed by atoms with Crippen molar-refractivity contribution < 1.29 is 10.2 Å². The summed E-state index contributed by atoms with van der Waals surface area (Å²) in [6, 6.07) is 14.2. The predicted molar refractivity (Wildman–Crippen MR) is 94.9 cm³/mol. The van der Waals surface area contributed by atoms with Crippen LogP contribution in [0.5, 0.6) is 11.5 Å². The molecule has 0 aromatic heterocycles. The van der Waals surface area contributed by atoms with Crippen LogP contribution >= 0.6 is 0 Å². The number of rotatable bonds is 6. The van der Waals surface area contributed by atoms with Crippen LogP contribution in [0.1, 0.15) is 25.0 Å². The minimum absolute atomic E-state index is 0.109. The Labute approximate surface area is 136 Å². The van der Waals surface area contributed by atoms with Gasteiger partial charge in [0.25, 0.3) is 0 Å². The molecule has 2 rings (SSSR count). The number of nitrogens with zero attached hydrogens (tertiary/aromatic N) is 2. The second-order valence-corrected chi connectivity index (χ2v) is 6.22. The van der Waals surface area contributed by atoms with Crippen molar-refractivity contribution in [2.45, 2.75) is 13.8 Å². The average molecular weight is 310 g/mol. The first kappa shape index (κ1) is 16.7. The Morgan fingerprint density at radius 3 is 1.57 bits per heavy atom. The second-order valence-electron chi connectivity index (χ2n) is 6.22. The zero-order chi connectivity index (χ0) is 16.7. The van der Waals surface area contributed by atoms with Crippen LogP contribution in [-0.2, 0) is 0 Å². The number of aromatic hydroxyl groups is 2. The number of hydrogen-bond donors (Lipinski definition) is 2. The van der Waals surface area contributed by atoms with Crippen LogP contribution in [0.25, 0.3) is 0 Å². The lowest BCUT2D eigenvalue weighted by molar-refractivity contribution is 0.396.